The molecule has 1 aromatic heterocycles. The van der Waals surface area contributed by atoms with E-state index in [0.29, 0.717) is 11.4 Å². The van der Waals surface area contributed by atoms with Gasteiger partial charge < -0.3 is 16.8 Å². The Labute approximate surface area is 144 Å². The number of rotatable bonds is 1. The number of aliphatic imine (C=N–C) groups is 1. The van der Waals surface area contributed by atoms with E-state index in [-0.39, 0.29) is 23.0 Å². The first kappa shape index (κ1) is 16.1. The number of nitrogens with two attached hydrogens (primary N) is 2. The molecular formula is C17H16N8. The highest BCUT2D eigenvalue weighted by Gasteiger charge is 2.29. The summed E-state index contributed by atoms with van der Waals surface area (Å²) in [5.74, 6) is 0.655. The lowest BCUT2D eigenvalue weighted by molar-refractivity contribution is 0.844. The number of guanidine groups is 1. The minimum absolute atomic E-state index is 0.0308. The van der Waals surface area contributed by atoms with Gasteiger partial charge in [-0.05, 0) is 30.5 Å². The molecule has 6 N–H and O–H groups in total. The molecule has 1 unspecified atom stereocenters. The van der Waals surface area contributed by atoms with Crippen LogP contribution >= 0.6 is 0 Å². The zero-order valence-corrected chi connectivity index (χ0v) is 13.8. The molecular weight excluding hydrogens is 316 g/mol. The summed E-state index contributed by atoms with van der Waals surface area (Å²) in [7, 11) is 0. The number of nitrogens with zero attached hydrogens (tertiary/aromatic N) is 4. The molecule has 1 atom stereocenters. The number of hydrogen-bond donors (Lipinski definition) is 4. The zero-order chi connectivity index (χ0) is 18.1. The topological polar surface area (TPSA) is 149 Å². The molecule has 1 aliphatic heterocycles. The van der Waals surface area contributed by atoms with Crippen molar-refractivity contribution in [3.05, 3.63) is 46.0 Å². The molecule has 8 nitrogen and oxygen atoms in total. The van der Waals surface area contributed by atoms with Crippen LogP contribution in [0.3, 0.4) is 0 Å². The molecule has 0 bridgehead atoms. The minimum atomic E-state index is -0.508. The van der Waals surface area contributed by atoms with Crippen molar-refractivity contribution in [2.45, 2.75) is 19.9 Å². The summed E-state index contributed by atoms with van der Waals surface area (Å²) in [5.41, 5.74) is 16.1. The first-order chi connectivity index (χ1) is 12.0. The molecule has 0 radical (unpaired) electrons. The van der Waals surface area contributed by atoms with E-state index in [4.69, 9.17) is 16.7 Å². The van der Waals surface area contributed by atoms with Crippen molar-refractivity contribution >= 4 is 23.3 Å². The minimum Gasteiger partial charge on any atom is -0.397 e. The van der Waals surface area contributed by atoms with Crippen LogP contribution in [-0.2, 0) is 0 Å². The van der Waals surface area contributed by atoms with Gasteiger partial charge in [0, 0.05) is 5.56 Å². The van der Waals surface area contributed by atoms with E-state index in [9.17, 15) is 5.26 Å². The van der Waals surface area contributed by atoms with Gasteiger partial charge >= 0.3 is 0 Å². The van der Waals surface area contributed by atoms with E-state index in [2.05, 4.69) is 20.6 Å². The van der Waals surface area contributed by atoms with Crippen LogP contribution in [0.4, 0.5) is 17.3 Å². The van der Waals surface area contributed by atoms with Crippen molar-refractivity contribution < 1.29 is 0 Å². The van der Waals surface area contributed by atoms with Gasteiger partial charge in [-0.1, -0.05) is 18.2 Å². The summed E-state index contributed by atoms with van der Waals surface area (Å²) in [6.45, 7) is 4.02. The average molecular weight is 332 g/mol. The molecule has 0 aliphatic carbocycles. The smallest absolute Gasteiger partial charge is 0.211 e. The molecule has 0 saturated carbocycles. The number of nitriles is 2. The number of anilines is 3. The van der Waals surface area contributed by atoms with Crippen LogP contribution in [0.2, 0.25) is 0 Å². The van der Waals surface area contributed by atoms with Gasteiger partial charge in [-0.3, -0.25) is 5.32 Å². The highest BCUT2D eigenvalue weighted by molar-refractivity contribution is 5.98. The first-order valence-electron chi connectivity index (χ1n) is 7.52. The fourth-order valence-corrected chi connectivity index (χ4v) is 2.76. The van der Waals surface area contributed by atoms with Gasteiger partial charge in [0.15, 0.2) is 6.19 Å². The van der Waals surface area contributed by atoms with Gasteiger partial charge in [-0.2, -0.15) is 10.5 Å². The van der Waals surface area contributed by atoms with Crippen LogP contribution in [0.25, 0.3) is 0 Å². The molecule has 8 heteroatoms. The maximum atomic E-state index is 9.31. The number of pyridine rings is 1. The summed E-state index contributed by atoms with van der Waals surface area (Å²) in [5, 5.41) is 23.6. The lowest BCUT2D eigenvalue weighted by Gasteiger charge is -2.26. The summed E-state index contributed by atoms with van der Waals surface area (Å²) < 4.78 is 0. The second kappa shape index (κ2) is 6.02. The number of benzene rings is 1. The number of fused-ring (bicyclic) bond motifs is 1. The molecule has 0 amide bonds. The van der Waals surface area contributed by atoms with Crippen molar-refractivity contribution in [1.82, 2.24) is 10.3 Å². The van der Waals surface area contributed by atoms with E-state index in [1.54, 1.807) is 0 Å². The van der Waals surface area contributed by atoms with Gasteiger partial charge in [0.2, 0.25) is 5.96 Å². The molecule has 1 aromatic carbocycles. The molecule has 0 fully saturated rings. The highest BCUT2D eigenvalue weighted by Crippen LogP contribution is 2.40. The summed E-state index contributed by atoms with van der Waals surface area (Å²) >= 11 is 0. The largest absolute Gasteiger partial charge is 0.397 e. The summed E-state index contributed by atoms with van der Waals surface area (Å²) in [6, 6.07) is 7.42. The molecule has 1 aliphatic rings. The summed E-state index contributed by atoms with van der Waals surface area (Å²) in [4.78, 5) is 8.75. The Morgan fingerprint density at radius 3 is 2.60 bits per heavy atom. The third-order valence-corrected chi connectivity index (χ3v) is 4.20. The van der Waals surface area contributed by atoms with E-state index in [1.165, 1.54) is 0 Å². The van der Waals surface area contributed by atoms with E-state index < -0.39 is 6.04 Å². The Balaban J connectivity index is 2.25. The predicted molar refractivity (Wildman–Crippen MR) is 95.3 cm³/mol. The zero-order valence-electron chi connectivity index (χ0n) is 13.8. The van der Waals surface area contributed by atoms with Crippen LogP contribution in [0, 0.1) is 36.6 Å². The lowest BCUT2D eigenvalue weighted by Crippen LogP contribution is -2.32. The van der Waals surface area contributed by atoms with Gasteiger partial charge in [0.1, 0.15) is 29.3 Å². The lowest BCUT2D eigenvalue weighted by atomic mass is 9.93. The Hall–Kier alpha value is -3.78. The molecule has 2 heterocycles. The second-order valence-electron chi connectivity index (χ2n) is 5.75. The Morgan fingerprint density at radius 1 is 1.20 bits per heavy atom. The Bertz CT molecular complexity index is 978. The number of nitrogen functional groups attached to an aromatic ring is 2. The molecule has 2 aromatic rings. The number of aromatic nitrogens is 1. The molecule has 3 rings (SSSR count). The molecule has 25 heavy (non-hydrogen) atoms. The number of aryl methyl sites for hydroxylation is 2. The van der Waals surface area contributed by atoms with Crippen LogP contribution < -0.4 is 22.1 Å². The highest BCUT2D eigenvalue weighted by atomic mass is 15.2. The van der Waals surface area contributed by atoms with Crippen LogP contribution in [-0.4, -0.2) is 10.9 Å². The first-order valence-corrected chi connectivity index (χ1v) is 7.52. The predicted octanol–water partition coefficient (Wildman–Crippen LogP) is 1.68. The standard InChI is InChI=1S/C17H16N8/c1-8-3-4-10(5-9(8)2)14-12-13(20)11(6-18)15(21)24-16(12)25-17(23-14)22-7-19/h3-5,14H,1-2H3,(H6,20,21,22,23,24,25). The Kier molecular flexibility index (Phi) is 3.88. The monoisotopic (exact) mass is 332 g/mol. The van der Waals surface area contributed by atoms with Crippen LogP contribution in [0.15, 0.2) is 23.2 Å². The summed E-state index contributed by atoms with van der Waals surface area (Å²) in [6.07, 6.45) is 1.83. The maximum Gasteiger partial charge on any atom is 0.211 e. The van der Waals surface area contributed by atoms with Gasteiger partial charge in [-0.15, -0.1) is 0 Å². The van der Waals surface area contributed by atoms with E-state index >= 15 is 0 Å². The fourth-order valence-electron chi connectivity index (χ4n) is 2.76. The van der Waals surface area contributed by atoms with Crippen LogP contribution in [0.1, 0.15) is 33.9 Å². The fraction of sp³-hybridized carbons (Fsp3) is 0.176. The third kappa shape index (κ3) is 2.66. The van der Waals surface area contributed by atoms with Crippen molar-refractivity contribution in [1.29, 1.82) is 10.5 Å². The van der Waals surface area contributed by atoms with Crippen molar-refractivity contribution in [2.75, 3.05) is 16.8 Å². The molecule has 0 saturated heterocycles. The average Bonchev–Trinajstić information content (AvgIpc) is 2.57. The number of nitrogens with one attached hydrogen (secondary N) is 2. The third-order valence-electron chi connectivity index (χ3n) is 4.20. The normalized spacial score (nSPS) is 15.2. The SMILES string of the molecule is Cc1ccc(C2N=C(NC#N)Nc3nc(N)c(C#N)c(N)c32)cc1C. The van der Waals surface area contributed by atoms with E-state index in [0.717, 1.165) is 16.7 Å². The Morgan fingerprint density at radius 2 is 1.96 bits per heavy atom. The second-order valence-corrected chi connectivity index (χ2v) is 5.75. The maximum absolute atomic E-state index is 9.31. The quantitative estimate of drug-likeness (QED) is 0.458. The molecule has 124 valence electrons. The van der Waals surface area contributed by atoms with Gasteiger partial charge in [0.05, 0.1) is 5.69 Å². The van der Waals surface area contributed by atoms with Gasteiger partial charge in [-0.25, -0.2) is 9.98 Å². The molecule has 0 spiro atoms. The van der Waals surface area contributed by atoms with Crippen molar-refractivity contribution in [3.63, 3.8) is 0 Å². The number of hydrogen-bond acceptors (Lipinski definition) is 8. The van der Waals surface area contributed by atoms with Crippen molar-refractivity contribution in [2.24, 2.45) is 4.99 Å². The van der Waals surface area contributed by atoms with E-state index in [1.807, 2.05) is 44.3 Å². The van der Waals surface area contributed by atoms with Crippen LogP contribution in [0.5, 0.6) is 0 Å². The van der Waals surface area contributed by atoms with Crippen molar-refractivity contribution in [3.8, 4) is 12.3 Å². The van der Waals surface area contributed by atoms with Gasteiger partial charge in [0.25, 0.3) is 0 Å².